The minimum Gasteiger partial charge on any atom is -0.236 e. The lowest BCUT2D eigenvalue weighted by Crippen LogP contribution is -2.53. The summed E-state index contributed by atoms with van der Waals surface area (Å²) in [4.78, 5) is 8.17. The van der Waals surface area contributed by atoms with Crippen LogP contribution in [0.1, 0.15) is 38.8 Å². The Labute approximate surface area is 230 Å². The number of rotatable bonds is 3. The van der Waals surface area contributed by atoms with Crippen molar-refractivity contribution in [3.63, 3.8) is 0 Å². The fourth-order valence-corrected chi connectivity index (χ4v) is 10.9. The first-order chi connectivity index (χ1) is 17.9. The molecular weight excluding hydrogens is 507 g/mol. The van der Waals surface area contributed by atoms with Crippen molar-refractivity contribution in [2.75, 3.05) is 0 Å². The van der Waals surface area contributed by atoms with Crippen LogP contribution in [-0.2, 0) is 0 Å². The molecule has 0 spiro atoms. The van der Waals surface area contributed by atoms with Gasteiger partial charge in [-0.15, -0.1) is 34.9 Å². The summed E-state index contributed by atoms with van der Waals surface area (Å²) in [6, 6.07) is 32.5. The van der Waals surface area contributed by atoms with Gasteiger partial charge in [-0.1, -0.05) is 91.0 Å². The first-order valence-electron chi connectivity index (χ1n) is 12.7. The lowest BCUT2D eigenvalue weighted by atomic mass is 9.74. The smallest absolute Gasteiger partial charge is 0.124 e. The zero-order valence-corrected chi connectivity index (χ0v) is 23.8. The van der Waals surface area contributed by atoms with Crippen molar-refractivity contribution in [2.24, 2.45) is 0 Å². The highest BCUT2D eigenvalue weighted by Gasteiger charge is 2.60. The molecule has 2 aliphatic heterocycles. The third kappa shape index (κ3) is 3.22. The molecule has 37 heavy (non-hydrogen) atoms. The normalized spacial score (nSPS) is 24.4. The fourth-order valence-electron chi connectivity index (χ4n) is 6.16. The molecule has 0 bridgehead atoms. The van der Waals surface area contributed by atoms with Gasteiger partial charge in [0.05, 0.1) is 19.4 Å². The molecule has 1 nitrogen and oxygen atoms in total. The van der Waals surface area contributed by atoms with Gasteiger partial charge in [0.25, 0.3) is 0 Å². The van der Waals surface area contributed by atoms with Crippen LogP contribution in [0.15, 0.2) is 102 Å². The topological polar surface area (TPSA) is 12.9 Å². The van der Waals surface area contributed by atoms with Gasteiger partial charge in [0.15, 0.2) is 0 Å². The molecule has 0 radical (unpaired) electrons. The molecule has 182 valence electrons. The Hall–Kier alpha value is -2.79. The average Bonchev–Trinajstić information content (AvgIpc) is 3.56. The van der Waals surface area contributed by atoms with Crippen molar-refractivity contribution in [3.8, 4) is 10.6 Å². The predicted octanol–water partition coefficient (Wildman–Crippen LogP) is 8.00. The van der Waals surface area contributed by atoms with Crippen LogP contribution in [0.5, 0.6) is 0 Å². The molecule has 7 rings (SSSR count). The molecule has 0 N–H and O–H groups in total. The van der Waals surface area contributed by atoms with Crippen LogP contribution in [0.3, 0.4) is 0 Å². The third-order valence-corrected chi connectivity index (χ3v) is 12.9. The number of nitrogens with zero attached hydrogens (tertiary/aromatic N) is 1. The molecule has 0 saturated carbocycles. The summed E-state index contributed by atoms with van der Waals surface area (Å²) in [5, 5.41) is 2.29. The second kappa shape index (κ2) is 8.36. The summed E-state index contributed by atoms with van der Waals surface area (Å²) < 4.78 is 1.09. The molecule has 2 unspecified atom stereocenters. The van der Waals surface area contributed by atoms with Crippen molar-refractivity contribution < 1.29 is 0 Å². The van der Waals surface area contributed by atoms with E-state index in [9.17, 15) is 0 Å². The molecule has 0 saturated heterocycles. The molecule has 2 atom stereocenters. The molecule has 0 amide bonds. The fraction of sp³-hybridized carbons (Fsp3) is 0.182. The number of hydrogen-bond acceptors (Lipinski definition) is 4. The summed E-state index contributed by atoms with van der Waals surface area (Å²) >= 11 is 5.96. The van der Waals surface area contributed by atoms with E-state index in [0.29, 0.717) is 0 Å². The van der Waals surface area contributed by atoms with Gasteiger partial charge in [0.2, 0.25) is 0 Å². The highest BCUT2D eigenvalue weighted by molar-refractivity contribution is 8.14. The number of benzene rings is 3. The molecule has 3 heterocycles. The van der Waals surface area contributed by atoms with E-state index >= 15 is 0 Å². The van der Waals surface area contributed by atoms with Crippen LogP contribution in [-0.4, -0.2) is 14.5 Å². The number of thioether (sulfide) groups is 2. The highest BCUT2D eigenvalue weighted by atomic mass is 32.2. The van der Waals surface area contributed by atoms with E-state index in [1.807, 2.05) is 23.1 Å². The zero-order valence-electron chi connectivity index (χ0n) is 21.3. The van der Waals surface area contributed by atoms with Crippen molar-refractivity contribution in [3.05, 3.63) is 123 Å². The molecular formula is C33H27NS3. The molecule has 1 aliphatic carbocycles. The molecule has 3 aromatic carbocycles. The van der Waals surface area contributed by atoms with Gasteiger partial charge in [0, 0.05) is 20.9 Å². The molecule has 4 aromatic rings. The minimum absolute atomic E-state index is 0.118. The predicted molar refractivity (Wildman–Crippen MR) is 164 cm³/mol. The number of fused-ring (bicyclic) bond motifs is 4. The van der Waals surface area contributed by atoms with E-state index in [1.54, 1.807) is 0 Å². The highest BCUT2D eigenvalue weighted by Crippen LogP contribution is 2.70. The van der Waals surface area contributed by atoms with E-state index in [0.717, 1.165) is 5.01 Å². The first kappa shape index (κ1) is 23.3. The van der Waals surface area contributed by atoms with Gasteiger partial charge in [-0.2, -0.15) is 0 Å². The summed E-state index contributed by atoms with van der Waals surface area (Å²) in [7, 11) is 0. The SMILES string of the molecule is CC1=C(c2ccccc2)SC2(C)C1=c1nc(-c3ccccc3)sc1=C1C(C)=C(c3ccccc3)SC12C. The van der Waals surface area contributed by atoms with Gasteiger partial charge in [-0.25, -0.2) is 4.98 Å². The van der Waals surface area contributed by atoms with Crippen LogP contribution in [0.2, 0.25) is 0 Å². The van der Waals surface area contributed by atoms with Gasteiger partial charge >= 0.3 is 0 Å². The van der Waals surface area contributed by atoms with Crippen LogP contribution in [0, 0.1) is 0 Å². The van der Waals surface area contributed by atoms with Crippen molar-refractivity contribution in [1.82, 2.24) is 4.98 Å². The first-order valence-corrected chi connectivity index (χ1v) is 15.1. The summed E-state index contributed by atoms with van der Waals surface area (Å²) in [5.41, 5.74) is 9.44. The number of allylic oxidation sites excluding steroid dienone is 2. The monoisotopic (exact) mass is 533 g/mol. The Balaban J connectivity index is 1.59. The maximum atomic E-state index is 5.39. The van der Waals surface area contributed by atoms with Crippen LogP contribution >= 0.6 is 34.9 Å². The third-order valence-electron chi connectivity index (χ3n) is 8.09. The number of thiazole rings is 1. The van der Waals surface area contributed by atoms with Crippen molar-refractivity contribution in [2.45, 2.75) is 37.2 Å². The van der Waals surface area contributed by atoms with Gasteiger partial charge in [0.1, 0.15) is 5.01 Å². The summed E-state index contributed by atoms with van der Waals surface area (Å²) in [6.45, 7) is 9.58. The standard InChI is InChI=1S/C33H27NS3/c1-20-25-27-30(35-31(34-27)24-18-12-7-13-19-24)26-21(2)29(23-16-10-6-11-17-23)37-33(26,4)32(25,3)36-28(20)22-14-8-5-9-15-22/h5-19H,1-4H3. The van der Waals surface area contributed by atoms with Crippen LogP contribution in [0.4, 0.5) is 0 Å². The quantitative estimate of drug-likeness (QED) is 0.265. The van der Waals surface area contributed by atoms with E-state index in [2.05, 4.69) is 130 Å². The lowest BCUT2D eigenvalue weighted by Gasteiger charge is -2.45. The Bertz CT molecular complexity index is 1640. The van der Waals surface area contributed by atoms with E-state index in [1.165, 1.54) is 58.7 Å². The average molecular weight is 534 g/mol. The molecule has 0 fully saturated rings. The second-order valence-corrected chi connectivity index (χ2v) is 14.1. The van der Waals surface area contributed by atoms with Gasteiger partial charge in [-0.3, -0.25) is 0 Å². The molecule has 4 heteroatoms. The van der Waals surface area contributed by atoms with Gasteiger partial charge < -0.3 is 0 Å². The molecule has 3 aliphatic rings. The number of hydrogen-bond donors (Lipinski definition) is 0. The second-order valence-electron chi connectivity index (χ2n) is 10.2. The summed E-state index contributed by atoms with van der Waals surface area (Å²) in [5.74, 6) is 0. The Morgan fingerprint density at radius 1 is 0.568 bits per heavy atom. The number of aromatic nitrogens is 1. The van der Waals surface area contributed by atoms with Crippen LogP contribution < -0.4 is 9.88 Å². The minimum atomic E-state index is -0.144. The van der Waals surface area contributed by atoms with E-state index < -0.39 is 0 Å². The Morgan fingerprint density at radius 3 is 1.51 bits per heavy atom. The van der Waals surface area contributed by atoms with Crippen molar-refractivity contribution >= 4 is 55.8 Å². The largest absolute Gasteiger partial charge is 0.236 e. The zero-order chi connectivity index (χ0) is 25.4. The Kier molecular flexibility index (Phi) is 5.27. The van der Waals surface area contributed by atoms with Gasteiger partial charge in [-0.05, 0) is 55.5 Å². The molecule has 1 aromatic heterocycles. The van der Waals surface area contributed by atoms with Crippen molar-refractivity contribution in [1.29, 1.82) is 0 Å². The Morgan fingerprint density at radius 2 is 1.00 bits per heavy atom. The van der Waals surface area contributed by atoms with Crippen LogP contribution in [0.25, 0.3) is 31.5 Å². The van der Waals surface area contributed by atoms with E-state index in [-0.39, 0.29) is 9.49 Å². The maximum absolute atomic E-state index is 5.39. The maximum Gasteiger partial charge on any atom is 0.124 e. The summed E-state index contributed by atoms with van der Waals surface area (Å²) in [6.07, 6.45) is 0. The van der Waals surface area contributed by atoms with E-state index in [4.69, 9.17) is 4.98 Å². The lowest BCUT2D eigenvalue weighted by molar-refractivity contribution is 0.682.